The van der Waals surface area contributed by atoms with Gasteiger partial charge in [-0.2, -0.15) is 0 Å². The van der Waals surface area contributed by atoms with Gasteiger partial charge in [-0.05, 0) is 56.5 Å². The van der Waals surface area contributed by atoms with E-state index in [1.54, 1.807) is 0 Å². The minimum absolute atomic E-state index is 0.188. The summed E-state index contributed by atoms with van der Waals surface area (Å²) in [6, 6.07) is 6.09. The molecule has 1 fully saturated rings. The molecule has 0 atom stereocenters. The molecule has 2 rings (SSSR count). The largest absolute Gasteiger partial charge is 0.490 e. The predicted molar refractivity (Wildman–Crippen MR) is 93.6 cm³/mol. The van der Waals surface area contributed by atoms with Crippen molar-refractivity contribution in [3.05, 3.63) is 23.8 Å². The molecule has 0 bridgehead atoms. The Morgan fingerprint density at radius 2 is 1.96 bits per heavy atom. The Labute approximate surface area is 144 Å². The number of piperidine rings is 1. The first-order chi connectivity index (χ1) is 11.5. The Balaban J connectivity index is 1.98. The summed E-state index contributed by atoms with van der Waals surface area (Å²) < 4.78 is 11.6. The van der Waals surface area contributed by atoms with E-state index in [1.165, 1.54) is 5.56 Å². The molecule has 0 unspecified atom stereocenters. The topological polar surface area (TPSA) is 59.0 Å². The lowest BCUT2D eigenvalue weighted by Gasteiger charge is -2.30. The second-order valence-electron chi connectivity index (χ2n) is 6.81. The number of rotatable bonds is 8. The minimum atomic E-state index is -0.667. The second-order valence-corrected chi connectivity index (χ2v) is 6.81. The number of hydrogen-bond donors (Lipinski definition) is 1. The zero-order valence-electron chi connectivity index (χ0n) is 15.0. The predicted octanol–water partition coefficient (Wildman–Crippen LogP) is 3.42. The number of carbonyl (C=O) groups is 1. The SMILES string of the molecule is CCOc1cc(CN2CCC(C(=O)O)CC2)ccc1OCC(C)C. The van der Waals surface area contributed by atoms with Crippen LogP contribution in [0.1, 0.15) is 39.2 Å². The highest BCUT2D eigenvalue weighted by Gasteiger charge is 2.24. The lowest BCUT2D eigenvalue weighted by molar-refractivity contribution is -0.143. The molecule has 134 valence electrons. The van der Waals surface area contributed by atoms with E-state index in [9.17, 15) is 4.79 Å². The zero-order chi connectivity index (χ0) is 17.5. The van der Waals surface area contributed by atoms with Crippen molar-refractivity contribution in [3.8, 4) is 11.5 Å². The lowest BCUT2D eigenvalue weighted by atomic mass is 9.97. The van der Waals surface area contributed by atoms with E-state index in [2.05, 4.69) is 24.8 Å². The number of ether oxygens (including phenoxy) is 2. The molecular formula is C19H29NO4. The summed E-state index contributed by atoms with van der Waals surface area (Å²) in [5, 5.41) is 9.08. The van der Waals surface area contributed by atoms with Gasteiger partial charge in [0, 0.05) is 6.54 Å². The molecule has 1 aromatic rings. The Hall–Kier alpha value is -1.75. The molecule has 24 heavy (non-hydrogen) atoms. The van der Waals surface area contributed by atoms with Gasteiger partial charge in [-0.1, -0.05) is 19.9 Å². The molecule has 0 saturated carbocycles. The summed E-state index contributed by atoms with van der Waals surface area (Å²) >= 11 is 0. The highest BCUT2D eigenvalue weighted by molar-refractivity contribution is 5.70. The number of likely N-dealkylation sites (tertiary alicyclic amines) is 1. The second kappa shape index (κ2) is 8.92. The van der Waals surface area contributed by atoms with Crippen LogP contribution in [0.5, 0.6) is 11.5 Å². The quantitative estimate of drug-likeness (QED) is 0.789. The molecule has 1 aliphatic heterocycles. The van der Waals surface area contributed by atoms with Gasteiger partial charge in [0.25, 0.3) is 0 Å². The summed E-state index contributed by atoms with van der Waals surface area (Å²) in [6.45, 7) is 9.95. The van der Waals surface area contributed by atoms with E-state index >= 15 is 0 Å². The standard InChI is InChI=1S/C19H29NO4/c1-4-23-18-11-15(5-6-17(18)24-13-14(2)3)12-20-9-7-16(8-10-20)19(21)22/h5-6,11,14,16H,4,7-10,12-13H2,1-3H3,(H,21,22). The molecule has 1 saturated heterocycles. The zero-order valence-corrected chi connectivity index (χ0v) is 15.0. The number of nitrogens with zero attached hydrogens (tertiary/aromatic N) is 1. The summed E-state index contributed by atoms with van der Waals surface area (Å²) in [6.07, 6.45) is 1.45. The molecule has 0 spiro atoms. The third-order valence-electron chi connectivity index (χ3n) is 4.22. The molecule has 1 aliphatic rings. The van der Waals surface area contributed by atoms with Gasteiger partial charge in [0.2, 0.25) is 0 Å². The molecule has 0 aromatic heterocycles. The Morgan fingerprint density at radius 3 is 2.54 bits per heavy atom. The fourth-order valence-corrected chi connectivity index (χ4v) is 2.89. The minimum Gasteiger partial charge on any atom is -0.490 e. The van der Waals surface area contributed by atoms with Crippen LogP contribution in [-0.2, 0) is 11.3 Å². The van der Waals surface area contributed by atoms with Crippen LogP contribution in [0.15, 0.2) is 18.2 Å². The van der Waals surface area contributed by atoms with E-state index in [4.69, 9.17) is 14.6 Å². The molecule has 1 aromatic carbocycles. The van der Waals surface area contributed by atoms with Crippen LogP contribution in [0.25, 0.3) is 0 Å². The number of aliphatic carboxylic acids is 1. The van der Waals surface area contributed by atoms with Gasteiger partial charge in [0.05, 0.1) is 19.1 Å². The summed E-state index contributed by atoms with van der Waals surface area (Å²) in [7, 11) is 0. The number of hydrogen-bond acceptors (Lipinski definition) is 4. The van der Waals surface area contributed by atoms with Gasteiger partial charge < -0.3 is 14.6 Å². The van der Waals surface area contributed by atoms with Gasteiger partial charge in [0.1, 0.15) is 0 Å². The van der Waals surface area contributed by atoms with Crippen molar-refractivity contribution in [3.63, 3.8) is 0 Å². The first kappa shape index (κ1) is 18.6. The van der Waals surface area contributed by atoms with Crippen molar-refractivity contribution in [2.75, 3.05) is 26.3 Å². The summed E-state index contributed by atoms with van der Waals surface area (Å²) in [5.41, 5.74) is 1.17. The number of carboxylic acid groups (broad SMARTS) is 1. The van der Waals surface area contributed by atoms with Crippen LogP contribution in [0.2, 0.25) is 0 Å². The number of benzene rings is 1. The fraction of sp³-hybridized carbons (Fsp3) is 0.632. The van der Waals surface area contributed by atoms with E-state index in [-0.39, 0.29) is 5.92 Å². The van der Waals surface area contributed by atoms with Crippen molar-refractivity contribution < 1.29 is 19.4 Å². The van der Waals surface area contributed by atoms with Crippen LogP contribution < -0.4 is 9.47 Å². The molecular weight excluding hydrogens is 306 g/mol. The highest BCUT2D eigenvalue weighted by Crippen LogP contribution is 2.30. The maximum absolute atomic E-state index is 11.0. The summed E-state index contributed by atoms with van der Waals surface area (Å²) in [4.78, 5) is 13.3. The number of carboxylic acids is 1. The van der Waals surface area contributed by atoms with Gasteiger partial charge in [-0.15, -0.1) is 0 Å². The van der Waals surface area contributed by atoms with Crippen LogP contribution in [-0.4, -0.2) is 42.3 Å². The molecule has 0 aliphatic carbocycles. The van der Waals surface area contributed by atoms with Crippen LogP contribution >= 0.6 is 0 Å². The van der Waals surface area contributed by atoms with Crippen molar-refractivity contribution in [1.29, 1.82) is 0 Å². The van der Waals surface area contributed by atoms with E-state index < -0.39 is 5.97 Å². The van der Waals surface area contributed by atoms with Crippen LogP contribution in [0.4, 0.5) is 0 Å². The third kappa shape index (κ3) is 5.41. The molecule has 0 amide bonds. The summed E-state index contributed by atoms with van der Waals surface area (Å²) in [5.74, 6) is 1.19. The molecule has 5 nitrogen and oxygen atoms in total. The van der Waals surface area contributed by atoms with E-state index in [1.807, 2.05) is 19.1 Å². The molecule has 0 radical (unpaired) electrons. The highest BCUT2D eigenvalue weighted by atomic mass is 16.5. The van der Waals surface area contributed by atoms with Crippen molar-refractivity contribution in [1.82, 2.24) is 4.90 Å². The average Bonchev–Trinajstić information content (AvgIpc) is 2.55. The van der Waals surface area contributed by atoms with Crippen molar-refractivity contribution in [2.45, 2.75) is 40.2 Å². The third-order valence-corrected chi connectivity index (χ3v) is 4.22. The molecule has 5 heteroatoms. The Kier molecular flexibility index (Phi) is 6.91. The molecule has 1 heterocycles. The fourth-order valence-electron chi connectivity index (χ4n) is 2.89. The molecule has 1 N–H and O–H groups in total. The van der Waals surface area contributed by atoms with E-state index in [0.29, 0.717) is 19.1 Å². The Bertz CT molecular complexity index is 536. The lowest BCUT2D eigenvalue weighted by Crippen LogP contribution is -2.35. The normalized spacial score (nSPS) is 16.3. The Morgan fingerprint density at radius 1 is 1.25 bits per heavy atom. The van der Waals surface area contributed by atoms with Crippen LogP contribution in [0, 0.1) is 11.8 Å². The van der Waals surface area contributed by atoms with Crippen molar-refractivity contribution in [2.24, 2.45) is 11.8 Å². The smallest absolute Gasteiger partial charge is 0.306 e. The van der Waals surface area contributed by atoms with Crippen molar-refractivity contribution >= 4 is 5.97 Å². The van der Waals surface area contributed by atoms with E-state index in [0.717, 1.165) is 44.0 Å². The van der Waals surface area contributed by atoms with Gasteiger partial charge >= 0.3 is 5.97 Å². The maximum Gasteiger partial charge on any atom is 0.306 e. The van der Waals surface area contributed by atoms with Gasteiger partial charge in [0.15, 0.2) is 11.5 Å². The maximum atomic E-state index is 11.0. The van der Waals surface area contributed by atoms with Gasteiger partial charge in [-0.3, -0.25) is 9.69 Å². The average molecular weight is 335 g/mol. The first-order valence-corrected chi connectivity index (χ1v) is 8.83. The van der Waals surface area contributed by atoms with Crippen LogP contribution in [0.3, 0.4) is 0 Å². The monoisotopic (exact) mass is 335 g/mol. The van der Waals surface area contributed by atoms with Gasteiger partial charge in [-0.25, -0.2) is 0 Å². The first-order valence-electron chi connectivity index (χ1n) is 8.83.